The Labute approximate surface area is 85.6 Å². The normalized spacial score (nSPS) is 12.5. The second-order valence-corrected chi connectivity index (χ2v) is 3.71. The summed E-state index contributed by atoms with van der Waals surface area (Å²) in [6.45, 7) is 5.81. The zero-order valence-corrected chi connectivity index (χ0v) is 9.27. The third kappa shape index (κ3) is 8.12. The van der Waals surface area contributed by atoms with Crippen molar-refractivity contribution in [3.63, 3.8) is 0 Å². The van der Waals surface area contributed by atoms with E-state index in [-0.39, 0.29) is 11.2 Å². The Kier molecular flexibility index (Phi) is 8.24. The van der Waals surface area contributed by atoms with Crippen molar-refractivity contribution >= 4 is 18.5 Å². The Hall–Kier alpha value is -0.220. The fraction of sp³-hybridized carbons (Fsp3) is 0.889. The molecule has 1 amide bonds. The first-order valence-corrected chi connectivity index (χ1v) is 5.23. The van der Waals surface area contributed by atoms with E-state index >= 15 is 0 Å². The van der Waals surface area contributed by atoms with Crippen molar-refractivity contribution in [3.05, 3.63) is 0 Å². The fourth-order valence-electron chi connectivity index (χ4n) is 0.743. The third-order valence-electron chi connectivity index (χ3n) is 1.57. The van der Waals surface area contributed by atoms with Crippen LogP contribution in [0.1, 0.15) is 26.7 Å². The molecule has 1 N–H and O–H groups in total. The van der Waals surface area contributed by atoms with Gasteiger partial charge in [0.15, 0.2) is 0 Å². The summed E-state index contributed by atoms with van der Waals surface area (Å²) in [5.74, 6) is -0.0394. The first kappa shape index (κ1) is 12.8. The third-order valence-corrected chi connectivity index (χ3v) is 1.80. The average Bonchev–Trinajstić information content (AvgIpc) is 2.10. The Morgan fingerprint density at radius 1 is 1.54 bits per heavy atom. The van der Waals surface area contributed by atoms with Crippen LogP contribution in [0.25, 0.3) is 0 Å². The van der Waals surface area contributed by atoms with Gasteiger partial charge in [0.05, 0.1) is 11.9 Å². The van der Waals surface area contributed by atoms with Gasteiger partial charge in [0.1, 0.15) is 0 Å². The highest BCUT2D eigenvalue weighted by molar-refractivity contribution is 7.81. The Balaban J connectivity index is 3.12. The fourth-order valence-corrected chi connectivity index (χ4v) is 0.834. The van der Waals surface area contributed by atoms with Gasteiger partial charge in [-0.15, -0.1) is 0 Å². The molecule has 0 aromatic rings. The van der Waals surface area contributed by atoms with Gasteiger partial charge in [-0.3, -0.25) is 4.79 Å². The lowest BCUT2D eigenvalue weighted by Crippen LogP contribution is -2.32. The molecule has 13 heavy (non-hydrogen) atoms. The van der Waals surface area contributed by atoms with E-state index in [0.29, 0.717) is 13.2 Å². The summed E-state index contributed by atoms with van der Waals surface area (Å²) in [5.41, 5.74) is 0. The second-order valence-electron chi connectivity index (χ2n) is 2.93. The van der Waals surface area contributed by atoms with E-state index in [1.165, 1.54) is 0 Å². The highest BCUT2D eigenvalue weighted by Gasteiger charge is 2.05. The monoisotopic (exact) mass is 205 g/mol. The minimum atomic E-state index is -0.240. The van der Waals surface area contributed by atoms with Gasteiger partial charge in [-0.05, 0) is 13.3 Å². The molecule has 0 aliphatic heterocycles. The zero-order chi connectivity index (χ0) is 10.1. The number of carbonyl (C=O) groups excluding carboxylic acids is 1. The minimum absolute atomic E-state index is 0.0394. The van der Waals surface area contributed by atoms with Crippen molar-refractivity contribution < 1.29 is 9.53 Å². The topological polar surface area (TPSA) is 38.3 Å². The number of ether oxygens (including phenoxy) is 1. The molecule has 0 spiro atoms. The van der Waals surface area contributed by atoms with E-state index in [4.69, 9.17) is 4.74 Å². The van der Waals surface area contributed by atoms with E-state index in [2.05, 4.69) is 24.9 Å². The minimum Gasteiger partial charge on any atom is -0.380 e. The first-order chi connectivity index (χ1) is 6.18. The predicted molar refractivity (Wildman–Crippen MR) is 57.2 cm³/mol. The van der Waals surface area contributed by atoms with Crippen LogP contribution in [0.4, 0.5) is 0 Å². The SMILES string of the molecule is CCCCOCCNC(=O)C(C)S. The molecule has 1 atom stereocenters. The van der Waals surface area contributed by atoms with Gasteiger partial charge >= 0.3 is 0 Å². The molecule has 0 rings (SSSR count). The van der Waals surface area contributed by atoms with Crippen molar-refractivity contribution in [3.8, 4) is 0 Å². The number of amides is 1. The molecule has 0 saturated carbocycles. The van der Waals surface area contributed by atoms with Crippen molar-refractivity contribution in [2.45, 2.75) is 31.9 Å². The van der Waals surface area contributed by atoms with Gasteiger partial charge in [-0.2, -0.15) is 12.6 Å². The number of thiol groups is 1. The van der Waals surface area contributed by atoms with Crippen molar-refractivity contribution in [1.82, 2.24) is 5.32 Å². The van der Waals surface area contributed by atoms with E-state index in [0.717, 1.165) is 19.4 Å². The Morgan fingerprint density at radius 3 is 2.77 bits per heavy atom. The van der Waals surface area contributed by atoms with Crippen LogP contribution in [0.15, 0.2) is 0 Å². The van der Waals surface area contributed by atoms with Crippen molar-refractivity contribution in [1.29, 1.82) is 0 Å². The summed E-state index contributed by atoms with van der Waals surface area (Å²) >= 11 is 4.00. The molecule has 1 unspecified atom stereocenters. The first-order valence-electron chi connectivity index (χ1n) is 4.72. The Morgan fingerprint density at radius 2 is 2.23 bits per heavy atom. The molecule has 78 valence electrons. The van der Waals surface area contributed by atoms with Gasteiger partial charge in [0.2, 0.25) is 5.91 Å². The van der Waals surface area contributed by atoms with Gasteiger partial charge < -0.3 is 10.1 Å². The smallest absolute Gasteiger partial charge is 0.232 e. The molecule has 4 heteroatoms. The van der Waals surface area contributed by atoms with E-state index in [9.17, 15) is 4.79 Å². The molecular weight excluding hydrogens is 186 g/mol. The molecule has 0 aromatic heterocycles. The lowest BCUT2D eigenvalue weighted by atomic mass is 10.4. The predicted octanol–water partition coefficient (Wildman–Crippen LogP) is 1.24. The summed E-state index contributed by atoms with van der Waals surface area (Å²) in [5, 5.41) is 2.48. The van der Waals surface area contributed by atoms with Gasteiger partial charge in [-0.1, -0.05) is 13.3 Å². The summed E-state index contributed by atoms with van der Waals surface area (Å²) in [7, 11) is 0. The van der Waals surface area contributed by atoms with Crippen molar-refractivity contribution in [2.75, 3.05) is 19.8 Å². The lowest BCUT2D eigenvalue weighted by molar-refractivity contribution is -0.120. The molecule has 0 saturated heterocycles. The van der Waals surface area contributed by atoms with Gasteiger partial charge in [0.25, 0.3) is 0 Å². The summed E-state index contributed by atoms with van der Waals surface area (Å²) in [6, 6.07) is 0. The number of hydrogen-bond acceptors (Lipinski definition) is 3. The Bertz CT molecular complexity index is 140. The molecule has 0 fully saturated rings. The largest absolute Gasteiger partial charge is 0.380 e. The molecule has 0 bridgehead atoms. The maximum absolute atomic E-state index is 11.0. The number of nitrogens with one attached hydrogen (secondary N) is 1. The van der Waals surface area contributed by atoms with Crippen LogP contribution in [0.5, 0.6) is 0 Å². The maximum atomic E-state index is 11.0. The second kappa shape index (κ2) is 8.38. The van der Waals surface area contributed by atoms with E-state index < -0.39 is 0 Å². The number of hydrogen-bond donors (Lipinski definition) is 2. The number of carbonyl (C=O) groups is 1. The van der Waals surface area contributed by atoms with Crippen molar-refractivity contribution in [2.24, 2.45) is 0 Å². The number of rotatable bonds is 7. The van der Waals surface area contributed by atoms with Crippen LogP contribution in [0, 0.1) is 0 Å². The standard InChI is InChI=1S/C9H19NO2S/c1-3-4-6-12-7-5-10-9(11)8(2)13/h8,13H,3-7H2,1-2H3,(H,10,11). The molecular formula is C9H19NO2S. The lowest BCUT2D eigenvalue weighted by Gasteiger charge is -2.07. The van der Waals surface area contributed by atoms with Crippen LogP contribution in [-0.2, 0) is 9.53 Å². The van der Waals surface area contributed by atoms with Crippen LogP contribution in [-0.4, -0.2) is 30.9 Å². The van der Waals surface area contributed by atoms with E-state index in [1.807, 2.05) is 0 Å². The molecule has 3 nitrogen and oxygen atoms in total. The van der Waals surface area contributed by atoms with Crippen LogP contribution in [0.3, 0.4) is 0 Å². The van der Waals surface area contributed by atoms with Gasteiger partial charge in [-0.25, -0.2) is 0 Å². The number of unbranched alkanes of at least 4 members (excludes halogenated alkanes) is 1. The van der Waals surface area contributed by atoms with Gasteiger partial charge in [0, 0.05) is 13.2 Å². The molecule has 0 aromatic carbocycles. The highest BCUT2D eigenvalue weighted by atomic mass is 32.1. The summed E-state index contributed by atoms with van der Waals surface area (Å²) in [6.07, 6.45) is 2.22. The molecule has 0 radical (unpaired) electrons. The molecule has 0 aliphatic rings. The van der Waals surface area contributed by atoms with Crippen LogP contribution in [0.2, 0.25) is 0 Å². The summed E-state index contributed by atoms with van der Waals surface area (Å²) in [4.78, 5) is 11.0. The zero-order valence-electron chi connectivity index (χ0n) is 8.38. The van der Waals surface area contributed by atoms with Crippen LogP contribution >= 0.6 is 12.6 Å². The van der Waals surface area contributed by atoms with E-state index in [1.54, 1.807) is 6.92 Å². The quantitative estimate of drug-likeness (QED) is 0.485. The maximum Gasteiger partial charge on any atom is 0.232 e. The summed E-state index contributed by atoms with van der Waals surface area (Å²) < 4.78 is 5.26. The molecule has 0 aliphatic carbocycles. The molecule has 0 heterocycles. The highest BCUT2D eigenvalue weighted by Crippen LogP contribution is 1.91. The average molecular weight is 205 g/mol. The van der Waals surface area contributed by atoms with Crippen LogP contribution < -0.4 is 5.32 Å².